The first-order valence-electron chi connectivity index (χ1n) is 13.5. The van der Waals surface area contributed by atoms with Crippen molar-refractivity contribution in [1.82, 2.24) is 10.4 Å². The number of carbonyl (C=O) groups excluding carboxylic acids is 1. The van der Waals surface area contributed by atoms with Gasteiger partial charge in [0.2, 0.25) is 5.90 Å². The van der Waals surface area contributed by atoms with Crippen LogP contribution < -0.4 is 10.2 Å². The van der Waals surface area contributed by atoms with Crippen molar-refractivity contribution in [2.75, 3.05) is 26.3 Å². The van der Waals surface area contributed by atoms with E-state index in [-0.39, 0.29) is 18.9 Å². The van der Waals surface area contributed by atoms with Crippen molar-refractivity contribution in [3.63, 3.8) is 0 Å². The van der Waals surface area contributed by atoms with Crippen molar-refractivity contribution in [1.29, 1.82) is 0 Å². The topological polar surface area (TPSA) is 132 Å². The monoisotopic (exact) mass is 540 g/mol. The summed E-state index contributed by atoms with van der Waals surface area (Å²) in [5.41, 5.74) is 13.6. The minimum absolute atomic E-state index is 0.0599. The number of aliphatic hydroxyl groups is 1. The number of nitrogens with zero attached hydrogens (tertiary/aromatic N) is 5. The van der Waals surface area contributed by atoms with Gasteiger partial charge in [-0.05, 0) is 48.2 Å². The lowest BCUT2D eigenvalue weighted by Gasteiger charge is -2.33. The van der Waals surface area contributed by atoms with Crippen LogP contribution in [0.15, 0.2) is 89.0 Å². The average Bonchev–Trinajstić information content (AvgIpc) is 3.63. The van der Waals surface area contributed by atoms with E-state index in [0.29, 0.717) is 41.5 Å². The SMILES string of the molecule is [N-]=[N+]=Nc1ccccc1[C@@H]1OC(c2ccc(OCCCO)cc2)=N[C@]1(Cc1ccccc1)C(=O)NN1CCCC1. The minimum atomic E-state index is -1.38. The lowest BCUT2D eigenvalue weighted by atomic mass is 9.81. The first-order valence-corrected chi connectivity index (χ1v) is 13.5. The Morgan fingerprint density at radius 1 is 1.10 bits per heavy atom. The van der Waals surface area contributed by atoms with E-state index in [4.69, 9.17) is 19.6 Å². The fourth-order valence-corrected chi connectivity index (χ4v) is 5.08. The Bertz CT molecular complexity index is 1380. The maximum atomic E-state index is 14.3. The van der Waals surface area contributed by atoms with Gasteiger partial charge in [-0.15, -0.1) is 0 Å². The third kappa shape index (κ3) is 5.94. The van der Waals surface area contributed by atoms with Gasteiger partial charge in [-0.3, -0.25) is 10.2 Å². The zero-order chi connectivity index (χ0) is 27.8. The molecule has 1 fully saturated rings. The minimum Gasteiger partial charge on any atom is -0.494 e. The summed E-state index contributed by atoms with van der Waals surface area (Å²) in [4.78, 5) is 22.3. The maximum Gasteiger partial charge on any atom is 0.266 e. The number of azide groups is 1. The Morgan fingerprint density at radius 3 is 2.55 bits per heavy atom. The van der Waals surface area contributed by atoms with Gasteiger partial charge in [-0.1, -0.05) is 59.7 Å². The highest BCUT2D eigenvalue weighted by molar-refractivity contribution is 6.01. The molecule has 0 aliphatic carbocycles. The molecule has 2 heterocycles. The number of hydrogen-bond acceptors (Lipinski definition) is 7. The van der Waals surface area contributed by atoms with Crippen LogP contribution in [0, 0.1) is 0 Å². The predicted octanol–water partition coefficient (Wildman–Crippen LogP) is 5.02. The predicted molar refractivity (Wildman–Crippen MR) is 151 cm³/mol. The Balaban J connectivity index is 1.59. The summed E-state index contributed by atoms with van der Waals surface area (Å²) < 4.78 is 12.2. The molecule has 0 bridgehead atoms. The molecule has 2 N–H and O–H groups in total. The molecule has 10 nitrogen and oxygen atoms in total. The van der Waals surface area contributed by atoms with Crippen LogP contribution in [0.25, 0.3) is 10.4 Å². The molecule has 1 saturated heterocycles. The second kappa shape index (κ2) is 12.7. The van der Waals surface area contributed by atoms with Crippen LogP contribution in [-0.4, -0.2) is 53.8 Å². The molecule has 3 aromatic carbocycles. The molecule has 2 aliphatic heterocycles. The highest BCUT2D eigenvalue weighted by Gasteiger charge is 2.54. The van der Waals surface area contributed by atoms with Gasteiger partial charge in [-0.25, -0.2) is 10.0 Å². The van der Waals surface area contributed by atoms with E-state index in [1.54, 1.807) is 12.1 Å². The van der Waals surface area contributed by atoms with E-state index in [1.165, 1.54) is 0 Å². The van der Waals surface area contributed by atoms with E-state index in [0.717, 1.165) is 31.5 Å². The largest absolute Gasteiger partial charge is 0.494 e. The Hall–Kier alpha value is -4.37. The molecule has 5 rings (SSSR count). The molecule has 2 atom stereocenters. The second-order valence-corrected chi connectivity index (χ2v) is 9.83. The zero-order valence-electron chi connectivity index (χ0n) is 22.1. The van der Waals surface area contributed by atoms with E-state index < -0.39 is 11.6 Å². The summed E-state index contributed by atoms with van der Waals surface area (Å²) in [6.07, 6.45) is 1.97. The molecule has 0 unspecified atom stereocenters. The Kier molecular flexibility index (Phi) is 8.61. The molecule has 0 spiro atoms. The van der Waals surface area contributed by atoms with Crippen LogP contribution in [0.1, 0.15) is 42.1 Å². The number of hydrogen-bond donors (Lipinski definition) is 2. The van der Waals surface area contributed by atoms with Gasteiger partial charge in [0.05, 0.1) is 6.61 Å². The second-order valence-electron chi connectivity index (χ2n) is 9.83. The average molecular weight is 541 g/mol. The number of ether oxygens (including phenoxy) is 2. The molecule has 1 amide bonds. The highest BCUT2D eigenvalue weighted by Crippen LogP contribution is 2.45. The molecule has 0 saturated carbocycles. The van der Waals surface area contributed by atoms with Gasteiger partial charge in [0.1, 0.15) is 5.75 Å². The lowest BCUT2D eigenvalue weighted by molar-refractivity contribution is -0.133. The smallest absolute Gasteiger partial charge is 0.266 e. The molecule has 3 aromatic rings. The number of carbonyl (C=O) groups is 1. The summed E-state index contributed by atoms with van der Waals surface area (Å²) in [6, 6.07) is 24.1. The van der Waals surface area contributed by atoms with Crippen molar-refractivity contribution >= 4 is 17.5 Å². The van der Waals surface area contributed by atoms with Crippen molar-refractivity contribution < 1.29 is 19.4 Å². The van der Waals surface area contributed by atoms with Crippen molar-refractivity contribution in [2.24, 2.45) is 10.1 Å². The van der Waals surface area contributed by atoms with Crippen LogP contribution in [0.2, 0.25) is 0 Å². The summed E-state index contributed by atoms with van der Waals surface area (Å²) in [7, 11) is 0. The lowest BCUT2D eigenvalue weighted by Crippen LogP contribution is -2.54. The normalized spacial score (nSPS) is 20.3. The number of amides is 1. The molecule has 206 valence electrons. The zero-order valence-corrected chi connectivity index (χ0v) is 22.1. The number of rotatable bonds is 11. The summed E-state index contributed by atoms with van der Waals surface area (Å²) in [5, 5.41) is 14.9. The number of benzene rings is 3. The van der Waals surface area contributed by atoms with E-state index in [2.05, 4.69) is 15.5 Å². The van der Waals surface area contributed by atoms with Gasteiger partial charge < -0.3 is 14.6 Å². The highest BCUT2D eigenvalue weighted by atomic mass is 16.5. The Morgan fingerprint density at radius 2 is 1.82 bits per heavy atom. The molecular formula is C30H32N6O4. The van der Waals surface area contributed by atoms with Crippen LogP contribution in [0.4, 0.5) is 5.69 Å². The molecule has 2 aliphatic rings. The molecule has 10 heteroatoms. The van der Waals surface area contributed by atoms with E-state index >= 15 is 0 Å². The van der Waals surface area contributed by atoms with Gasteiger partial charge in [0.15, 0.2) is 11.6 Å². The summed E-state index contributed by atoms with van der Waals surface area (Å²) >= 11 is 0. The number of nitrogens with one attached hydrogen (secondary N) is 1. The van der Waals surface area contributed by atoms with Crippen LogP contribution in [0.5, 0.6) is 5.75 Å². The fourth-order valence-electron chi connectivity index (χ4n) is 5.08. The van der Waals surface area contributed by atoms with Crippen molar-refractivity contribution in [3.05, 3.63) is 106 Å². The quantitative estimate of drug-likeness (QED) is 0.153. The number of aliphatic hydroxyl groups excluding tert-OH is 1. The van der Waals surface area contributed by atoms with Gasteiger partial charge >= 0.3 is 0 Å². The van der Waals surface area contributed by atoms with Gasteiger partial charge in [0, 0.05) is 54.3 Å². The van der Waals surface area contributed by atoms with Crippen molar-refractivity contribution in [2.45, 2.75) is 37.3 Å². The summed E-state index contributed by atoms with van der Waals surface area (Å²) in [6.45, 7) is 2.00. The van der Waals surface area contributed by atoms with Gasteiger partial charge in [-0.2, -0.15) is 0 Å². The van der Waals surface area contributed by atoms with Crippen LogP contribution in [-0.2, 0) is 16.0 Å². The third-order valence-corrected chi connectivity index (χ3v) is 7.08. The van der Waals surface area contributed by atoms with Crippen LogP contribution in [0.3, 0.4) is 0 Å². The van der Waals surface area contributed by atoms with Crippen LogP contribution >= 0.6 is 0 Å². The molecule has 0 radical (unpaired) electrons. The first kappa shape index (κ1) is 27.2. The maximum absolute atomic E-state index is 14.3. The van der Waals surface area contributed by atoms with Crippen molar-refractivity contribution in [3.8, 4) is 5.75 Å². The number of aliphatic imine (C=N–C) groups is 1. The molecule has 0 aromatic heterocycles. The van der Waals surface area contributed by atoms with E-state index in [1.807, 2.05) is 71.7 Å². The molecule has 40 heavy (non-hydrogen) atoms. The van der Waals surface area contributed by atoms with E-state index in [9.17, 15) is 10.3 Å². The fraction of sp³-hybridized carbons (Fsp3) is 0.333. The third-order valence-electron chi connectivity index (χ3n) is 7.08. The number of hydrazine groups is 1. The standard InChI is InChI=1S/C30H32N6O4/c31-35-33-26-12-5-4-11-25(26)27-30(21-22-9-2-1-3-10-22,29(38)34-36-17-6-7-18-36)32-28(40-27)23-13-15-24(16-14-23)39-20-8-19-37/h1-5,9-16,27,37H,6-8,17-21H2,(H,34,38)/t27-,30-/m0/s1. The van der Waals surface area contributed by atoms with Gasteiger partial charge in [0.25, 0.3) is 5.91 Å². The summed E-state index contributed by atoms with van der Waals surface area (Å²) in [5.74, 6) is 0.691. The first-order chi connectivity index (χ1) is 19.6. The molecular weight excluding hydrogens is 508 g/mol. The Labute approximate surface area is 232 Å².